The van der Waals surface area contributed by atoms with E-state index in [0.29, 0.717) is 49.1 Å². The summed E-state index contributed by atoms with van der Waals surface area (Å²) in [5.41, 5.74) is 2.87. The number of pyridine rings is 1. The van der Waals surface area contributed by atoms with Gasteiger partial charge < -0.3 is 14.7 Å². The van der Waals surface area contributed by atoms with Gasteiger partial charge in [-0.15, -0.1) is 11.8 Å². The van der Waals surface area contributed by atoms with Crippen LogP contribution in [-0.2, 0) is 11.2 Å². The highest BCUT2D eigenvalue weighted by atomic mass is 35.5. The molecule has 0 radical (unpaired) electrons. The third-order valence-electron chi connectivity index (χ3n) is 6.26. The van der Waals surface area contributed by atoms with Crippen molar-refractivity contribution >= 4 is 46.7 Å². The van der Waals surface area contributed by atoms with Gasteiger partial charge in [0.2, 0.25) is 5.91 Å². The number of piperazine rings is 1. The van der Waals surface area contributed by atoms with Crippen LogP contribution in [0.1, 0.15) is 15.9 Å². The molecule has 1 fully saturated rings. The lowest BCUT2D eigenvalue weighted by Crippen LogP contribution is -2.49. The molecule has 1 saturated heterocycles. The first kappa shape index (κ1) is 22.7. The monoisotopic (exact) mass is 492 g/mol. The highest BCUT2D eigenvalue weighted by molar-refractivity contribution is 8.00. The average Bonchev–Trinajstić information content (AvgIpc) is 3.32. The number of rotatable bonds is 5. The fraction of sp³-hybridized carbons (Fsp3) is 0.269. The summed E-state index contributed by atoms with van der Waals surface area (Å²) in [7, 11) is 0. The van der Waals surface area contributed by atoms with Crippen LogP contribution < -0.4 is 9.80 Å². The minimum Gasteiger partial charge on any atom is -0.353 e. The van der Waals surface area contributed by atoms with Crippen LogP contribution in [0.25, 0.3) is 0 Å². The number of aromatic nitrogens is 1. The van der Waals surface area contributed by atoms with Gasteiger partial charge in [0, 0.05) is 49.5 Å². The Balaban J connectivity index is 1.21. The predicted octanol–water partition coefficient (Wildman–Crippen LogP) is 4.38. The number of hydrogen-bond donors (Lipinski definition) is 0. The van der Waals surface area contributed by atoms with E-state index in [4.69, 9.17) is 11.6 Å². The number of fused-ring (bicyclic) bond motifs is 1. The second-order valence-electron chi connectivity index (χ2n) is 8.32. The van der Waals surface area contributed by atoms with E-state index in [0.717, 1.165) is 22.8 Å². The Morgan fingerprint density at radius 3 is 2.47 bits per heavy atom. The minimum absolute atomic E-state index is 0.00535. The van der Waals surface area contributed by atoms with Gasteiger partial charge in [0.1, 0.15) is 5.82 Å². The average molecular weight is 493 g/mol. The number of thioether (sulfide) groups is 1. The number of para-hydroxylation sites is 1. The maximum Gasteiger partial charge on any atom is 0.255 e. The SMILES string of the molecule is O=C(c1ccccc1SCC(=O)N1CCc2ccccc21)N1CCN(c2ccc(Cl)cn2)CC1. The Morgan fingerprint density at radius 2 is 1.68 bits per heavy atom. The van der Waals surface area contributed by atoms with E-state index >= 15 is 0 Å². The van der Waals surface area contributed by atoms with Crippen molar-refractivity contribution < 1.29 is 9.59 Å². The summed E-state index contributed by atoms with van der Waals surface area (Å²) < 4.78 is 0. The first-order valence-corrected chi connectivity index (χ1v) is 12.7. The Labute approximate surface area is 208 Å². The van der Waals surface area contributed by atoms with Crippen LogP contribution in [0.3, 0.4) is 0 Å². The molecule has 3 heterocycles. The first-order chi connectivity index (χ1) is 16.6. The van der Waals surface area contributed by atoms with Gasteiger partial charge in [-0.25, -0.2) is 4.98 Å². The molecular formula is C26H25ClN4O2S. The smallest absolute Gasteiger partial charge is 0.255 e. The number of hydrogen-bond acceptors (Lipinski definition) is 5. The molecule has 2 aliphatic rings. The van der Waals surface area contributed by atoms with E-state index in [9.17, 15) is 9.59 Å². The van der Waals surface area contributed by atoms with E-state index < -0.39 is 0 Å². The number of carbonyl (C=O) groups excluding carboxylic acids is 2. The molecule has 5 rings (SSSR count). The molecule has 0 N–H and O–H groups in total. The third-order valence-corrected chi connectivity index (χ3v) is 7.54. The van der Waals surface area contributed by atoms with Crippen LogP contribution in [0.15, 0.2) is 71.8 Å². The molecule has 0 spiro atoms. The molecule has 8 heteroatoms. The maximum absolute atomic E-state index is 13.3. The Kier molecular flexibility index (Phi) is 6.74. The summed E-state index contributed by atoms with van der Waals surface area (Å²) in [5.74, 6) is 1.25. The van der Waals surface area contributed by atoms with Crippen LogP contribution in [0.5, 0.6) is 0 Å². The number of anilines is 2. The summed E-state index contributed by atoms with van der Waals surface area (Å²) >= 11 is 7.38. The number of halogens is 1. The van der Waals surface area contributed by atoms with Crippen LogP contribution in [0.2, 0.25) is 5.02 Å². The molecule has 174 valence electrons. The zero-order valence-corrected chi connectivity index (χ0v) is 20.3. The fourth-order valence-electron chi connectivity index (χ4n) is 4.45. The second-order valence-corrected chi connectivity index (χ2v) is 9.78. The van der Waals surface area contributed by atoms with Crippen molar-refractivity contribution in [2.75, 3.05) is 48.3 Å². The van der Waals surface area contributed by atoms with Gasteiger partial charge in [0.15, 0.2) is 0 Å². The van der Waals surface area contributed by atoms with Crippen molar-refractivity contribution in [1.82, 2.24) is 9.88 Å². The molecule has 34 heavy (non-hydrogen) atoms. The van der Waals surface area contributed by atoms with Gasteiger partial charge in [0.05, 0.1) is 16.3 Å². The van der Waals surface area contributed by atoms with Crippen molar-refractivity contribution in [1.29, 1.82) is 0 Å². The van der Waals surface area contributed by atoms with E-state index in [2.05, 4.69) is 16.0 Å². The Hall–Kier alpha value is -3.03. The molecule has 0 unspecified atom stereocenters. The summed E-state index contributed by atoms with van der Waals surface area (Å²) in [4.78, 5) is 37.4. The van der Waals surface area contributed by atoms with Crippen molar-refractivity contribution in [2.45, 2.75) is 11.3 Å². The van der Waals surface area contributed by atoms with Crippen molar-refractivity contribution in [3.8, 4) is 0 Å². The lowest BCUT2D eigenvalue weighted by molar-refractivity contribution is -0.116. The van der Waals surface area contributed by atoms with Gasteiger partial charge in [-0.1, -0.05) is 41.9 Å². The van der Waals surface area contributed by atoms with Gasteiger partial charge in [0.25, 0.3) is 5.91 Å². The van der Waals surface area contributed by atoms with Crippen LogP contribution >= 0.6 is 23.4 Å². The van der Waals surface area contributed by atoms with Crippen molar-refractivity contribution in [2.24, 2.45) is 0 Å². The zero-order valence-electron chi connectivity index (χ0n) is 18.7. The first-order valence-electron chi connectivity index (χ1n) is 11.4. The molecule has 0 aliphatic carbocycles. The Morgan fingerprint density at radius 1 is 0.912 bits per heavy atom. The molecule has 2 aromatic carbocycles. The molecular weight excluding hydrogens is 468 g/mol. The molecule has 0 bridgehead atoms. The molecule has 2 aliphatic heterocycles. The summed E-state index contributed by atoms with van der Waals surface area (Å²) in [6.45, 7) is 3.37. The summed E-state index contributed by atoms with van der Waals surface area (Å²) in [5, 5.41) is 0.610. The highest BCUT2D eigenvalue weighted by Crippen LogP contribution is 2.30. The van der Waals surface area contributed by atoms with Gasteiger partial charge in [-0.3, -0.25) is 9.59 Å². The fourth-order valence-corrected chi connectivity index (χ4v) is 5.48. The van der Waals surface area contributed by atoms with E-state index in [1.807, 2.05) is 64.4 Å². The predicted molar refractivity (Wildman–Crippen MR) is 137 cm³/mol. The van der Waals surface area contributed by atoms with Gasteiger partial charge in [-0.2, -0.15) is 0 Å². The number of amides is 2. The van der Waals surface area contributed by atoms with Crippen LogP contribution in [0.4, 0.5) is 11.5 Å². The van der Waals surface area contributed by atoms with Crippen LogP contribution in [0, 0.1) is 0 Å². The van der Waals surface area contributed by atoms with E-state index in [-0.39, 0.29) is 11.8 Å². The van der Waals surface area contributed by atoms with Crippen molar-refractivity contribution in [3.05, 3.63) is 83.0 Å². The summed E-state index contributed by atoms with van der Waals surface area (Å²) in [6, 6.07) is 19.4. The van der Waals surface area contributed by atoms with Crippen molar-refractivity contribution in [3.63, 3.8) is 0 Å². The Bertz CT molecular complexity index is 1200. The van der Waals surface area contributed by atoms with Gasteiger partial charge >= 0.3 is 0 Å². The quantitative estimate of drug-likeness (QED) is 0.495. The molecule has 1 aromatic heterocycles. The van der Waals surface area contributed by atoms with Gasteiger partial charge in [-0.05, 0) is 42.3 Å². The number of nitrogens with zero attached hydrogens (tertiary/aromatic N) is 4. The number of carbonyl (C=O) groups is 2. The molecule has 0 saturated carbocycles. The largest absolute Gasteiger partial charge is 0.353 e. The zero-order chi connectivity index (χ0) is 23.5. The number of benzene rings is 2. The van der Waals surface area contributed by atoms with E-state index in [1.54, 1.807) is 6.20 Å². The molecule has 6 nitrogen and oxygen atoms in total. The maximum atomic E-state index is 13.3. The second kappa shape index (κ2) is 10.1. The highest BCUT2D eigenvalue weighted by Gasteiger charge is 2.26. The standard InChI is InChI=1S/C26H25ClN4O2S/c27-20-9-10-24(28-17-20)29-13-15-30(16-14-29)26(33)21-6-2-4-8-23(21)34-18-25(32)31-12-11-19-5-1-3-7-22(19)31/h1-10,17H,11-16,18H2. The summed E-state index contributed by atoms with van der Waals surface area (Å²) in [6.07, 6.45) is 2.53. The topological polar surface area (TPSA) is 56.8 Å². The van der Waals surface area contributed by atoms with E-state index in [1.165, 1.54) is 17.3 Å². The molecule has 2 amide bonds. The minimum atomic E-state index is 0.00535. The lowest BCUT2D eigenvalue weighted by Gasteiger charge is -2.35. The van der Waals surface area contributed by atoms with Crippen LogP contribution in [-0.4, -0.2) is 60.2 Å². The lowest BCUT2D eigenvalue weighted by atomic mass is 10.2. The molecule has 0 atom stereocenters. The normalized spacial score (nSPS) is 15.4. The third kappa shape index (κ3) is 4.76. The molecule has 3 aromatic rings.